The Bertz CT molecular complexity index is 1750. The van der Waals surface area contributed by atoms with E-state index in [1.54, 1.807) is 40.2 Å². The predicted molar refractivity (Wildman–Crippen MR) is 165 cm³/mol. The number of benzene rings is 2. The molecule has 0 saturated heterocycles. The fourth-order valence-electron chi connectivity index (χ4n) is 4.79. The Kier molecular flexibility index (Phi) is 8.38. The Hall–Kier alpha value is -4.68. The monoisotopic (exact) mass is 612 g/mol. The smallest absolute Gasteiger partial charge is 0.287 e. The summed E-state index contributed by atoms with van der Waals surface area (Å²) in [5, 5.41) is 20.4. The number of hydrazone groups is 1. The summed E-state index contributed by atoms with van der Waals surface area (Å²) >= 11 is 2.86. The topological polar surface area (TPSA) is 115 Å². The van der Waals surface area contributed by atoms with E-state index >= 15 is 0 Å². The summed E-state index contributed by atoms with van der Waals surface area (Å²) < 4.78 is 12.6. The fourth-order valence-corrected chi connectivity index (χ4v) is 6.33. The van der Waals surface area contributed by atoms with E-state index in [1.165, 1.54) is 18.0 Å². The molecule has 5 aromatic rings. The molecule has 1 N–H and O–H groups in total. The number of para-hydroxylation sites is 2. The van der Waals surface area contributed by atoms with Gasteiger partial charge in [0.15, 0.2) is 16.7 Å². The lowest BCUT2D eigenvalue weighted by molar-refractivity contribution is -0.130. The Balaban J connectivity index is 1.26. The molecule has 2 aromatic carbocycles. The first-order valence-corrected chi connectivity index (χ1v) is 15.4. The van der Waals surface area contributed by atoms with E-state index in [-0.39, 0.29) is 35.9 Å². The van der Waals surface area contributed by atoms with Gasteiger partial charge in [-0.05, 0) is 48.2 Å². The summed E-state index contributed by atoms with van der Waals surface area (Å²) in [6, 6.07) is 22.7. The minimum atomic E-state index is -0.375. The number of methoxy groups -OCH3 is 1. The molecule has 1 aliphatic rings. The number of hydrogen-bond acceptors (Lipinski definition) is 9. The molecule has 1 aliphatic heterocycles. The maximum Gasteiger partial charge on any atom is 0.287 e. The van der Waals surface area contributed by atoms with Crippen molar-refractivity contribution in [2.45, 2.75) is 31.1 Å². The summed E-state index contributed by atoms with van der Waals surface area (Å²) in [4.78, 5) is 27.4. The molecule has 0 saturated carbocycles. The molecule has 0 bridgehead atoms. The number of nitrogens with one attached hydrogen (secondary N) is 1. The van der Waals surface area contributed by atoms with Gasteiger partial charge in [0.2, 0.25) is 0 Å². The van der Waals surface area contributed by atoms with Crippen molar-refractivity contribution < 1.29 is 18.7 Å². The van der Waals surface area contributed by atoms with Crippen LogP contribution >= 0.6 is 23.1 Å². The molecule has 10 nitrogen and oxygen atoms in total. The van der Waals surface area contributed by atoms with Crippen LogP contribution in [0.5, 0.6) is 5.75 Å². The number of nitrogens with zero attached hydrogens (tertiary/aromatic N) is 5. The maximum atomic E-state index is 13.8. The van der Waals surface area contributed by atoms with Crippen molar-refractivity contribution in [2.75, 3.05) is 12.9 Å². The Morgan fingerprint density at radius 2 is 1.91 bits per heavy atom. The van der Waals surface area contributed by atoms with E-state index in [0.717, 1.165) is 21.7 Å². The van der Waals surface area contributed by atoms with Crippen LogP contribution < -0.4 is 10.1 Å². The van der Waals surface area contributed by atoms with Crippen molar-refractivity contribution in [3.8, 4) is 11.4 Å². The Morgan fingerprint density at radius 3 is 2.65 bits per heavy atom. The van der Waals surface area contributed by atoms with Gasteiger partial charge in [0.25, 0.3) is 11.8 Å². The van der Waals surface area contributed by atoms with Crippen molar-refractivity contribution >= 4 is 40.6 Å². The van der Waals surface area contributed by atoms with Crippen LogP contribution in [0.4, 0.5) is 0 Å². The molecular weight excluding hydrogens is 585 g/mol. The van der Waals surface area contributed by atoms with Gasteiger partial charge in [0.05, 0.1) is 48.0 Å². The van der Waals surface area contributed by atoms with Gasteiger partial charge < -0.3 is 14.5 Å². The summed E-state index contributed by atoms with van der Waals surface area (Å²) in [6.45, 7) is 2.12. The largest absolute Gasteiger partial charge is 0.495 e. The number of aromatic nitrogens is 3. The van der Waals surface area contributed by atoms with Gasteiger partial charge in [-0.15, -0.1) is 21.5 Å². The molecule has 0 spiro atoms. The van der Waals surface area contributed by atoms with E-state index < -0.39 is 0 Å². The number of thiophene rings is 1. The molecule has 1 unspecified atom stereocenters. The Labute approximate surface area is 256 Å². The van der Waals surface area contributed by atoms with Crippen molar-refractivity contribution in [1.29, 1.82) is 0 Å². The predicted octanol–water partition coefficient (Wildman–Crippen LogP) is 5.64. The molecule has 2 amide bonds. The first-order chi connectivity index (χ1) is 21.0. The molecule has 6 rings (SSSR count). The second-order valence-corrected chi connectivity index (χ2v) is 11.6. The average Bonchev–Trinajstić information content (AvgIpc) is 3.85. The third kappa shape index (κ3) is 6.11. The minimum Gasteiger partial charge on any atom is -0.495 e. The molecule has 218 valence electrons. The zero-order chi connectivity index (χ0) is 29.8. The third-order valence-electron chi connectivity index (χ3n) is 6.94. The van der Waals surface area contributed by atoms with Crippen LogP contribution in [0.2, 0.25) is 0 Å². The zero-order valence-electron chi connectivity index (χ0n) is 23.5. The van der Waals surface area contributed by atoms with Crippen molar-refractivity contribution in [3.05, 3.63) is 112 Å². The van der Waals surface area contributed by atoms with E-state index in [0.29, 0.717) is 28.8 Å². The molecular formula is C31H28N6O4S2. The van der Waals surface area contributed by atoms with Gasteiger partial charge in [-0.3, -0.25) is 14.2 Å². The number of aryl methyl sites for hydroxylation is 1. The molecule has 0 fully saturated rings. The van der Waals surface area contributed by atoms with Gasteiger partial charge in [0, 0.05) is 6.42 Å². The quantitative estimate of drug-likeness (QED) is 0.203. The van der Waals surface area contributed by atoms with Crippen LogP contribution in [-0.4, -0.2) is 50.2 Å². The molecule has 43 heavy (non-hydrogen) atoms. The zero-order valence-corrected chi connectivity index (χ0v) is 25.1. The SMILES string of the molecule is COc1ccccc1-n1c(CNC(=O)c2ccco2)nnc1SCC(=O)N1N=C(c2cccs2)CC1c1ccc(C)cc1. The van der Waals surface area contributed by atoms with Crippen LogP contribution in [0.1, 0.15) is 44.8 Å². The van der Waals surface area contributed by atoms with E-state index in [4.69, 9.17) is 14.3 Å². The van der Waals surface area contributed by atoms with Crippen LogP contribution in [0.3, 0.4) is 0 Å². The number of furan rings is 1. The number of thioether (sulfide) groups is 1. The average molecular weight is 613 g/mol. The normalized spacial score (nSPS) is 14.5. The summed E-state index contributed by atoms with van der Waals surface area (Å²) in [6.07, 6.45) is 2.08. The van der Waals surface area contributed by atoms with Crippen LogP contribution in [-0.2, 0) is 11.3 Å². The first kappa shape index (κ1) is 28.4. The van der Waals surface area contributed by atoms with E-state index in [9.17, 15) is 9.59 Å². The highest BCUT2D eigenvalue weighted by Crippen LogP contribution is 2.35. The summed E-state index contributed by atoms with van der Waals surface area (Å²) in [5.74, 6) is 0.813. The summed E-state index contributed by atoms with van der Waals surface area (Å²) in [7, 11) is 1.58. The maximum absolute atomic E-state index is 13.8. The number of hydrogen-bond donors (Lipinski definition) is 1. The lowest BCUT2D eigenvalue weighted by Crippen LogP contribution is -2.28. The number of carbonyl (C=O) groups excluding carboxylic acids is 2. The van der Waals surface area contributed by atoms with Gasteiger partial charge >= 0.3 is 0 Å². The number of carbonyl (C=O) groups is 2. The molecule has 0 aliphatic carbocycles. The molecule has 4 heterocycles. The molecule has 12 heteroatoms. The third-order valence-corrected chi connectivity index (χ3v) is 8.77. The highest BCUT2D eigenvalue weighted by Gasteiger charge is 2.33. The van der Waals surface area contributed by atoms with Crippen molar-refractivity contribution in [3.63, 3.8) is 0 Å². The van der Waals surface area contributed by atoms with Crippen molar-refractivity contribution in [2.24, 2.45) is 5.10 Å². The number of rotatable bonds is 10. The van der Waals surface area contributed by atoms with Crippen LogP contribution in [0, 0.1) is 6.92 Å². The van der Waals surface area contributed by atoms with E-state index in [2.05, 4.69) is 39.8 Å². The molecule has 1 atom stereocenters. The van der Waals surface area contributed by atoms with Crippen LogP contribution in [0.15, 0.2) is 99.1 Å². The first-order valence-electron chi connectivity index (χ1n) is 13.5. The minimum absolute atomic E-state index is 0.0785. The number of ether oxygens (including phenoxy) is 1. The number of amides is 2. The summed E-state index contributed by atoms with van der Waals surface area (Å²) in [5.41, 5.74) is 3.77. The van der Waals surface area contributed by atoms with E-state index in [1.807, 2.05) is 48.7 Å². The van der Waals surface area contributed by atoms with Gasteiger partial charge in [-0.25, -0.2) is 5.01 Å². The van der Waals surface area contributed by atoms with Gasteiger partial charge in [-0.1, -0.05) is 59.8 Å². The second kappa shape index (κ2) is 12.7. The highest BCUT2D eigenvalue weighted by atomic mass is 32.2. The van der Waals surface area contributed by atoms with Gasteiger partial charge in [0.1, 0.15) is 5.75 Å². The molecule has 3 aromatic heterocycles. The highest BCUT2D eigenvalue weighted by molar-refractivity contribution is 7.99. The second-order valence-electron chi connectivity index (χ2n) is 9.75. The van der Waals surface area contributed by atoms with Crippen LogP contribution in [0.25, 0.3) is 5.69 Å². The van der Waals surface area contributed by atoms with Gasteiger partial charge in [-0.2, -0.15) is 5.10 Å². The standard InChI is InChI=1S/C31H28N6O4S2/c1-20-11-13-21(14-12-20)24-17-22(27-10-6-16-42-27)35-37(24)29(38)19-43-31-34-33-28(18-32-30(39)26-9-5-15-41-26)36(31)23-7-3-4-8-25(23)40-2/h3-16,24H,17-19H2,1-2H3,(H,32,39). The lowest BCUT2D eigenvalue weighted by atomic mass is 10.00. The lowest BCUT2D eigenvalue weighted by Gasteiger charge is -2.22. The Morgan fingerprint density at radius 1 is 1.07 bits per heavy atom. The van der Waals surface area contributed by atoms with Crippen molar-refractivity contribution in [1.82, 2.24) is 25.1 Å². The molecule has 0 radical (unpaired) electrons. The fraction of sp³-hybridized carbons (Fsp3) is 0.194.